The lowest BCUT2D eigenvalue weighted by Crippen LogP contribution is -2.13. The maximum Gasteiger partial charge on any atom is 0.0483 e. The van der Waals surface area contributed by atoms with E-state index in [0.717, 1.165) is 6.54 Å². The second-order valence-corrected chi connectivity index (χ2v) is 4.53. The molecule has 2 rings (SSSR count). The van der Waals surface area contributed by atoms with Crippen molar-refractivity contribution < 1.29 is 0 Å². The van der Waals surface area contributed by atoms with E-state index in [1.165, 1.54) is 22.2 Å². The molecule has 1 heterocycles. The molecule has 86 valence electrons. The molecular formula is C13H19N3. The van der Waals surface area contributed by atoms with Crippen LogP contribution >= 0.6 is 0 Å². The zero-order valence-corrected chi connectivity index (χ0v) is 10.2. The molecule has 3 heteroatoms. The Bertz CT molecular complexity index is 497. The van der Waals surface area contributed by atoms with Crippen LogP contribution in [0.15, 0.2) is 24.3 Å². The lowest BCUT2D eigenvalue weighted by Gasteiger charge is -2.10. The summed E-state index contributed by atoms with van der Waals surface area (Å²) < 4.78 is 2.24. The first-order chi connectivity index (χ1) is 7.61. The van der Waals surface area contributed by atoms with Crippen LogP contribution in [-0.4, -0.2) is 23.6 Å². The SMILES string of the molecule is CN(C)Cc1cc2ccc(CN)cc2n1C. The summed E-state index contributed by atoms with van der Waals surface area (Å²) >= 11 is 0. The minimum atomic E-state index is 0.601. The summed E-state index contributed by atoms with van der Waals surface area (Å²) in [6, 6.07) is 8.67. The van der Waals surface area contributed by atoms with Crippen LogP contribution in [0.25, 0.3) is 10.9 Å². The van der Waals surface area contributed by atoms with Crippen LogP contribution in [0.5, 0.6) is 0 Å². The van der Waals surface area contributed by atoms with Gasteiger partial charge in [0.1, 0.15) is 0 Å². The highest BCUT2D eigenvalue weighted by Crippen LogP contribution is 2.20. The first-order valence-corrected chi connectivity index (χ1v) is 5.54. The summed E-state index contributed by atoms with van der Waals surface area (Å²) in [4.78, 5) is 2.18. The van der Waals surface area contributed by atoms with Gasteiger partial charge in [-0.05, 0) is 37.2 Å². The van der Waals surface area contributed by atoms with Crippen molar-refractivity contribution in [3.05, 3.63) is 35.5 Å². The van der Waals surface area contributed by atoms with Crippen LogP contribution < -0.4 is 5.73 Å². The second kappa shape index (κ2) is 4.28. The van der Waals surface area contributed by atoms with Crippen LogP contribution in [0.4, 0.5) is 0 Å². The third kappa shape index (κ3) is 1.96. The van der Waals surface area contributed by atoms with Gasteiger partial charge in [0.05, 0.1) is 0 Å². The molecule has 0 spiro atoms. The number of aromatic nitrogens is 1. The fraction of sp³-hybridized carbons (Fsp3) is 0.385. The van der Waals surface area contributed by atoms with Crippen LogP contribution in [0.2, 0.25) is 0 Å². The van der Waals surface area contributed by atoms with E-state index in [-0.39, 0.29) is 0 Å². The standard InChI is InChI=1S/C13H19N3/c1-15(2)9-12-7-11-5-4-10(8-14)6-13(11)16(12)3/h4-7H,8-9,14H2,1-3H3. The van der Waals surface area contributed by atoms with E-state index < -0.39 is 0 Å². The fourth-order valence-electron chi connectivity index (χ4n) is 2.04. The maximum atomic E-state index is 5.66. The van der Waals surface area contributed by atoms with Crippen LogP contribution in [0.3, 0.4) is 0 Å². The monoisotopic (exact) mass is 217 g/mol. The van der Waals surface area contributed by atoms with Gasteiger partial charge in [-0.3, -0.25) is 0 Å². The molecule has 1 aromatic carbocycles. The zero-order valence-electron chi connectivity index (χ0n) is 10.2. The van der Waals surface area contributed by atoms with E-state index >= 15 is 0 Å². The van der Waals surface area contributed by atoms with Crippen molar-refractivity contribution in [1.29, 1.82) is 0 Å². The Morgan fingerprint density at radius 2 is 2.00 bits per heavy atom. The smallest absolute Gasteiger partial charge is 0.0483 e. The van der Waals surface area contributed by atoms with Gasteiger partial charge in [0.2, 0.25) is 0 Å². The first-order valence-electron chi connectivity index (χ1n) is 5.54. The summed E-state index contributed by atoms with van der Waals surface area (Å²) in [5.74, 6) is 0. The van der Waals surface area contributed by atoms with E-state index in [0.29, 0.717) is 6.54 Å². The van der Waals surface area contributed by atoms with E-state index in [2.05, 4.69) is 54.9 Å². The molecule has 0 saturated carbocycles. The summed E-state index contributed by atoms with van der Waals surface area (Å²) in [6.07, 6.45) is 0. The zero-order chi connectivity index (χ0) is 11.7. The molecule has 1 aromatic heterocycles. The number of fused-ring (bicyclic) bond motifs is 1. The van der Waals surface area contributed by atoms with Crippen molar-refractivity contribution >= 4 is 10.9 Å². The molecule has 0 aliphatic heterocycles. The molecular weight excluding hydrogens is 198 g/mol. The van der Waals surface area contributed by atoms with Gasteiger partial charge in [0.15, 0.2) is 0 Å². The van der Waals surface area contributed by atoms with E-state index in [4.69, 9.17) is 5.73 Å². The Balaban J connectivity index is 2.50. The number of hydrogen-bond acceptors (Lipinski definition) is 2. The molecule has 2 aromatic rings. The van der Waals surface area contributed by atoms with Crippen molar-refractivity contribution in [1.82, 2.24) is 9.47 Å². The Kier molecular flexibility index (Phi) is 2.99. The van der Waals surface area contributed by atoms with Crippen molar-refractivity contribution in [2.75, 3.05) is 14.1 Å². The molecule has 0 aliphatic carbocycles. The van der Waals surface area contributed by atoms with Crippen LogP contribution in [0.1, 0.15) is 11.3 Å². The van der Waals surface area contributed by atoms with E-state index in [1.54, 1.807) is 0 Å². The number of aryl methyl sites for hydroxylation is 1. The molecule has 2 N–H and O–H groups in total. The van der Waals surface area contributed by atoms with Crippen molar-refractivity contribution in [3.8, 4) is 0 Å². The van der Waals surface area contributed by atoms with Crippen LogP contribution in [0, 0.1) is 0 Å². The molecule has 0 aliphatic rings. The molecule has 0 bridgehead atoms. The van der Waals surface area contributed by atoms with Gasteiger partial charge in [-0.2, -0.15) is 0 Å². The maximum absolute atomic E-state index is 5.66. The fourth-order valence-corrected chi connectivity index (χ4v) is 2.04. The van der Waals surface area contributed by atoms with Crippen molar-refractivity contribution in [3.63, 3.8) is 0 Å². The lowest BCUT2D eigenvalue weighted by atomic mass is 10.1. The minimum Gasteiger partial charge on any atom is -0.346 e. The highest BCUT2D eigenvalue weighted by atomic mass is 15.1. The normalized spacial score (nSPS) is 11.6. The summed E-state index contributed by atoms with van der Waals surface area (Å²) in [5.41, 5.74) is 9.44. The first kappa shape index (κ1) is 11.2. The number of benzene rings is 1. The Hall–Kier alpha value is -1.32. The number of nitrogens with zero attached hydrogens (tertiary/aromatic N) is 2. The molecule has 0 radical (unpaired) electrons. The highest BCUT2D eigenvalue weighted by Gasteiger charge is 2.06. The predicted molar refractivity (Wildman–Crippen MR) is 68.2 cm³/mol. The summed E-state index contributed by atoms with van der Waals surface area (Å²) in [6.45, 7) is 1.56. The Morgan fingerprint density at radius 1 is 1.25 bits per heavy atom. The molecule has 0 atom stereocenters. The van der Waals surface area contributed by atoms with Crippen molar-refractivity contribution in [2.24, 2.45) is 12.8 Å². The van der Waals surface area contributed by atoms with Gasteiger partial charge in [0, 0.05) is 31.3 Å². The Morgan fingerprint density at radius 3 is 2.62 bits per heavy atom. The Labute approximate surface area is 96.5 Å². The third-order valence-electron chi connectivity index (χ3n) is 2.92. The quantitative estimate of drug-likeness (QED) is 0.849. The van der Waals surface area contributed by atoms with E-state index in [1.807, 2.05) is 0 Å². The summed E-state index contributed by atoms with van der Waals surface area (Å²) in [7, 11) is 6.29. The van der Waals surface area contributed by atoms with Gasteiger partial charge < -0.3 is 15.2 Å². The average molecular weight is 217 g/mol. The molecule has 0 unspecified atom stereocenters. The number of rotatable bonds is 3. The third-order valence-corrected chi connectivity index (χ3v) is 2.92. The molecule has 0 amide bonds. The molecule has 0 fully saturated rings. The van der Waals surface area contributed by atoms with Gasteiger partial charge in [-0.1, -0.05) is 12.1 Å². The average Bonchev–Trinajstić information content (AvgIpc) is 2.55. The van der Waals surface area contributed by atoms with Gasteiger partial charge in [-0.25, -0.2) is 0 Å². The number of nitrogens with two attached hydrogens (primary N) is 1. The van der Waals surface area contributed by atoms with Gasteiger partial charge >= 0.3 is 0 Å². The minimum absolute atomic E-state index is 0.601. The number of hydrogen-bond donors (Lipinski definition) is 1. The van der Waals surface area contributed by atoms with Crippen molar-refractivity contribution in [2.45, 2.75) is 13.1 Å². The lowest BCUT2D eigenvalue weighted by molar-refractivity contribution is 0.392. The van der Waals surface area contributed by atoms with Gasteiger partial charge in [0.25, 0.3) is 0 Å². The molecule has 3 nitrogen and oxygen atoms in total. The topological polar surface area (TPSA) is 34.2 Å². The largest absolute Gasteiger partial charge is 0.346 e. The van der Waals surface area contributed by atoms with Crippen LogP contribution in [-0.2, 0) is 20.1 Å². The molecule has 0 saturated heterocycles. The predicted octanol–water partition coefficient (Wildman–Crippen LogP) is 1.70. The van der Waals surface area contributed by atoms with E-state index in [9.17, 15) is 0 Å². The summed E-state index contributed by atoms with van der Waals surface area (Å²) in [5, 5.41) is 1.29. The van der Waals surface area contributed by atoms with Gasteiger partial charge in [-0.15, -0.1) is 0 Å². The highest BCUT2D eigenvalue weighted by molar-refractivity contribution is 5.82. The molecule has 16 heavy (non-hydrogen) atoms. The second-order valence-electron chi connectivity index (χ2n) is 4.53.